The minimum absolute atomic E-state index is 0. The molecule has 0 amide bonds. The second kappa shape index (κ2) is 10.2. The minimum atomic E-state index is 0. The van der Waals surface area contributed by atoms with Crippen LogP contribution in [0.15, 0.2) is 66.3 Å². The molecule has 0 radical (unpaired) electrons. The van der Waals surface area contributed by atoms with E-state index >= 15 is 0 Å². The standard InChI is InChI=1S/C14H10ClO.C5H5.Fe/c15-13-8-5-11(6-9-13)7-10-14(16)12-3-1-2-4-12;1-2-4-5-3-1;/h3-10H,1H2;1-3H,4H2;/q2*-1;+2/b10-7+;;. The third-order valence-electron chi connectivity index (χ3n) is 2.86. The van der Waals surface area contributed by atoms with E-state index in [1.807, 2.05) is 30.4 Å². The van der Waals surface area contributed by atoms with Gasteiger partial charge in [-0.2, -0.15) is 12.2 Å². The van der Waals surface area contributed by atoms with Crippen molar-refractivity contribution in [2.45, 2.75) is 12.8 Å². The zero-order chi connectivity index (χ0) is 14.9. The number of rotatable bonds is 3. The Hall–Kier alpha value is -1.60. The van der Waals surface area contributed by atoms with Crippen molar-refractivity contribution in [1.82, 2.24) is 0 Å². The molecule has 0 saturated carbocycles. The third-order valence-corrected chi connectivity index (χ3v) is 3.12. The predicted octanol–water partition coefficient (Wildman–Crippen LogP) is 4.91. The Kier molecular flexibility index (Phi) is 8.54. The molecule has 0 fully saturated rings. The number of benzene rings is 1. The summed E-state index contributed by atoms with van der Waals surface area (Å²) in [5.74, 6) is 0.0138. The fraction of sp³-hybridized carbons (Fsp3) is 0.105. The topological polar surface area (TPSA) is 17.1 Å². The van der Waals surface area contributed by atoms with Crippen LogP contribution in [0.2, 0.25) is 5.02 Å². The first-order valence-corrected chi connectivity index (χ1v) is 7.10. The van der Waals surface area contributed by atoms with Crippen molar-refractivity contribution in [3.8, 4) is 0 Å². The molecule has 1 aromatic carbocycles. The van der Waals surface area contributed by atoms with E-state index in [9.17, 15) is 4.79 Å². The number of carbonyl (C=O) groups is 1. The van der Waals surface area contributed by atoms with Gasteiger partial charge in [0, 0.05) is 5.02 Å². The van der Waals surface area contributed by atoms with Crippen LogP contribution in [0.25, 0.3) is 6.08 Å². The summed E-state index contributed by atoms with van der Waals surface area (Å²) in [4.78, 5) is 11.6. The number of ketones is 1. The monoisotopic (exact) mass is 350 g/mol. The van der Waals surface area contributed by atoms with Crippen LogP contribution in [-0.4, -0.2) is 5.78 Å². The number of hydrogen-bond acceptors (Lipinski definition) is 1. The molecule has 0 atom stereocenters. The summed E-state index contributed by atoms with van der Waals surface area (Å²) < 4.78 is 0. The van der Waals surface area contributed by atoms with Crippen molar-refractivity contribution in [2.75, 3.05) is 0 Å². The Bertz CT molecular complexity index is 624. The number of carbonyl (C=O) groups excluding carboxylic acids is 1. The third kappa shape index (κ3) is 6.44. The van der Waals surface area contributed by atoms with Crippen molar-refractivity contribution in [3.63, 3.8) is 0 Å². The van der Waals surface area contributed by atoms with Crippen molar-refractivity contribution in [1.29, 1.82) is 0 Å². The van der Waals surface area contributed by atoms with Gasteiger partial charge >= 0.3 is 17.1 Å². The molecule has 3 rings (SSSR count). The van der Waals surface area contributed by atoms with Crippen molar-refractivity contribution >= 4 is 23.5 Å². The molecule has 2 aliphatic rings. The summed E-state index contributed by atoms with van der Waals surface area (Å²) in [6.45, 7) is 0. The van der Waals surface area contributed by atoms with Crippen LogP contribution in [0.3, 0.4) is 0 Å². The quantitative estimate of drug-likeness (QED) is 0.430. The fourth-order valence-corrected chi connectivity index (χ4v) is 1.88. The molecule has 0 N–H and O–H groups in total. The maximum atomic E-state index is 11.6. The van der Waals surface area contributed by atoms with Gasteiger partial charge in [-0.15, -0.1) is 18.4 Å². The smallest absolute Gasteiger partial charge is 0.311 e. The van der Waals surface area contributed by atoms with Crippen LogP contribution >= 0.6 is 11.6 Å². The van der Waals surface area contributed by atoms with Gasteiger partial charge in [-0.3, -0.25) is 12.2 Å². The number of hydrogen-bond donors (Lipinski definition) is 0. The zero-order valence-corrected chi connectivity index (χ0v) is 13.8. The van der Waals surface area contributed by atoms with E-state index in [2.05, 4.69) is 18.2 Å². The van der Waals surface area contributed by atoms with Gasteiger partial charge in [0.2, 0.25) is 0 Å². The molecule has 112 valence electrons. The Morgan fingerprint density at radius 3 is 2.41 bits per heavy atom. The second-order valence-electron chi connectivity index (χ2n) is 4.46. The van der Waals surface area contributed by atoms with Gasteiger partial charge in [-0.1, -0.05) is 29.8 Å². The van der Waals surface area contributed by atoms with Crippen LogP contribution in [-0.2, 0) is 21.9 Å². The van der Waals surface area contributed by atoms with E-state index < -0.39 is 0 Å². The summed E-state index contributed by atoms with van der Waals surface area (Å²) in [6, 6.07) is 7.34. The average molecular weight is 351 g/mol. The van der Waals surface area contributed by atoms with E-state index in [0.717, 1.165) is 18.4 Å². The summed E-state index contributed by atoms with van der Waals surface area (Å²) in [5.41, 5.74) is 1.68. The van der Waals surface area contributed by atoms with Crippen molar-refractivity contribution in [3.05, 3.63) is 89.0 Å². The van der Waals surface area contributed by atoms with Crippen molar-refractivity contribution in [2.24, 2.45) is 0 Å². The van der Waals surface area contributed by atoms with Gasteiger partial charge in [0.1, 0.15) is 5.78 Å². The summed E-state index contributed by atoms with van der Waals surface area (Å²) in [6.07, 6.45) is 20.7. The molecule has 0 bridgehead atoms. The molecule has 1 aromatic rings. The molecule has 0 spiro atoms. The first kappa shape index (κ1) is 18.4. The molecule has 0 heterocycles. The molecule has 0 aromatic heterocycles. The SMILES string of the molecule is O=C(/C=C/c1ccc(Cl)cc1)C1=CC[C-]=C1.[C-]1=CC=CC1.[Fe+2]. The van der Waals surface area contributed by atoms with Crippen LogP contribution in [0, 0.1) is 12.2 Å². The minimum Gasteiger partial charge on any atom is -0.311 e. The van der Waals surface area contributed by atoms with Crippen LogP contribution in [0.5, 0.6) is 0 Å². The van der Waals surface area contributed by atoms with Gasteiger partial charge in [0.15, 0.2) is 0 Å². The van der Waals surface area contributed by atoms with Gasteiger partial charge in [-0.25, -0.2) is 18.2 Å². The summed E-state index contributed by atoms with van der Waals surface area (Å²) in [5, 5.41) is 0.694. The average Bonchev–Trinajstić information content (AvgIpc) is 3.21. The molecule has 1 nitrogen and oxygen atoms in total. The maximum Gasteiger partial charge on any atom is 2.00 e. The first-order chi connectivity index (χ1) is 10.3. The largest absolute Gasteiger partial charge is 2.00 e. The van der Waals surface area contributed by atoms with E-state index in [1.165, 1.54) is 0 Å². The van der Waals surface area contributed by atoms with Gasteiger partial charge in [0.05, 0.1) is 0 Å². The second-order valence-corrected chi connectivity index (χ2v) is 4.90. The van der Waals surface area contributed by atoms with Gasteiger partial charge in [0.25, 0.3) is 0 Å². The first-order valence-electron chi connectivity index (χ1n) is 6.72. The normalized spacial score (nSPS) is 14.5. The molecule has 0 aliphatic heterocycles. The Morgan fingerprint density at radius 2 is 1.91 bits per heavy atom. The van der Waals surface area contributed by atoms with Gasteiger partial charge < -0.3 is 4.79 Å². The number of halogens is 1. The molecule has 0 saturated heterocycles. The molecule has 0 unspecified atom stereocenters. The predicted molar refractivity (Wildman–Crippen MR) is 87.6 cm³/mol. The molecule has 22 heavy (non-hydrogen) atoms. The van der Waals surface area contributed by atoms with E-state index in [-0.39, 0.29) is 22.9 Å². The molecular formula is C19H15ClFeO. The molecule has 2 aliphatic carbocycles. The summed E-state index contributed by atoms with van der Waals surface area (Å²) in [7, 11) is 0. The van der Waals surface area contributed by atoms with Crippen LogP contribution < -0.4 is 0 Å². The Morgan fingerprint density at radius 1 is 1.14 bits per heavy atom. The Labute approximate surface area is 147 Å². The van der Waals surface area contributed by atoms with Gasteiger partial charge in [-0.05, 0) is 23.8 Å². The Balaban J connectivity index is 0.000000344. The van der Waals surface area contributed by atoms with Crippen molar-refractivity contribution < 1.29 is 21.9 Å². The molecular weight excluding hydrogens is 336 g/mol. The number of allylic oxidation sites excluding steroid dienone is 9. The van der Waals surface area contributed by atoms with E-state index in [0.29, 0.717) is 10.6 Å². The van der Waals surface area contributed by atoms with E-state index in [1.54, 1.807) is 30.4 Å². The van der Waals surface area contributed by atoms with E-state index in [4.69, 9.17) is 11.6 Å². The fourth-order valence-electron chi connectivity index (χ4n) is 1.75. The zero-order valence-electron chi connectivity index (χ0n) is 11.9. The molecule has 3 heteroatoms. The van der Waals surface area contributed by atoms with Crippen LogP contribution in [0.1, 0.15) is 18.4 Å². The summed E-state index contributed by atoms with van der Waals surface area (Å²) >= 11 is 5.76. The maximum absolute atomic E-state index is 11.6. The van der Waals surface area contributed by atoms with Crippen LogP contribution in [0.4, 0.5) is 0 Å².